The van der Waals surface area contributed by atoms with Gasteiger partial charge >= 0.3 is 6.18 Å². The van der Waals surface area contributed by atoms with Gasteiger partial charge in [-0.3, -0.25) is 4.79 Å². The molecule has 0 saturated heterocycles. The summed E-state index contributed by atoms with van der Waals surface area (Å²) in [5.74, 6) is -1.91. The molecule has 1 aromatic carbocycles. The van der Waals surface area contributed by atoms with Gasteiger partial charge in [-0.1, -0.05) is 6.92 Å². The van der Waals surface area contributed by atoms with Crippen molar-refractivity contribution in [3.8, 4) is 0 Å². The summed E-state index contributed by atoms with van der Waals surface area (Å²) in [5.41, 5.74) is -1.58. The molecule has 0 radical (unpaired) electrons. The molecule has 0 atom stereocenters. The zero-order chi connectivity index (χ0) is 14.9. The smallest absolute Gasteiger partial charge is 0.288 e. The van der Waals surface area contributed by atoms with Gasteiger partial charge in [-0.15, -0.1) is 11.3 Å². The van der Waals surface area contributed by atoms with Crippen LogP contribution in [0.2, 0.25) is 0 Å². The first-order valence-corrected chi connectivity index (χ1v) is 6.64. The fraction of sp³-hybridized carbons (Fsp3) is 0.214. The van der Waals surface area contributed by atoms with Gasteiger partial charge in [-0.05, 0) is 36.8 Å². The highest BCUT2D eigenvalue weighted by Gasteiger charge is 2.34. The molecule has 0 amide bonds. The number of rotatable bonds is 3. The minimum absolute atomic E-state index is 0.164. The summed E-state index contributed by atoms with van der Waals surface area (Å²) in [5, 5.41) is 0. The maximum absolute atomic E-state index is 13.2. The predicted octanol–water partition coefficient (Wildman–Crippen LogP) is 4.70. The summed E-state index contributed by atoms with van der Waals surface area (Å²) in [4.78, 5) is 13.4. The lowest BCUT2D eigenvalue weighted by molar-refractivity contribution is -0.140. The van der Waals surface area contributed by atoms with Gasteiger partial charge in [0.25, 0.3) is 0 Å². The van der Waals surface area contributed by atoms with Gasteiger partial charge in [0.05, 0.1) is 10.4 Å². The quantitative estimate of drug-likeness (QED) is 0.593. The molecular formula is C14H10F4OS. The summed E-state index contributed by atoms with van der Waals surface area (Å²) < 4.78 is 51.0. The molecule has 0 aliphatic carbocycles. The number of hydrogen-bond acceptors (Lipinski definition) is 2. The van der Waals surface area contributed by atoms with Crippen LogP contribution in [-0.2, 0) is 12.6 Å². The monoisotopic (exact) mass is 302 g/mol. The summed E-state index contributed by atoms with van der Waals surface area (Å²) in [6, 6.07) is 5.63. The minimum Gasteiger partial charge on any atom is -0.288 e. The van der Waals surface area contributed by atoms with Crippen LogP contribution >= 0.6 is 11.3 Å². The van der Waals surface area contributed by atoms with Crippen LogP contribution < -0.4 is 0 Å². The topological polar surface area (TPSA) is 17.1 Å². The Hall–Kier alpha value is -1.69. The van der Waals surface area contributed by atoms with Crippen molar-refractivity contribution in [2.75, 3.05) is 0 Å². The molecular weight excluding hydrogens is 292 g/mol. The average Bonchev–Trinajstić information content (AvgIpc) is 2.86. The van der Waals surface area contributed by atoms with Crippen LogP contribution in [0.5, 0.6) is 0 Å². The Labute approximate surface area is 116 Å². The van der Waals surface area contributed by atoms with Gasteiger partial charge < -0.3 is 0 Å². The summed E-state index contributed by atoms with van der Waals surface area (Å²) in [7, 11) is 0. The van der Waals surface area contributed by atoms with E-state index in [1.165, 1.54) is 11.3 Å². The molecule has 2 aromatic rings. The highest BCUT2D eigenvalue weighted by Crippen LogP contribution is 2.32. The van der Waals surface area contributed by atoms with Crippen molar-refractivity contribution in [2.24, 2.45) is 0 Å². The van der Waals surface area contributed by atoms with Crippen molar-refractivity contribution >= 4 is 17.1 Å². The number of hydrogen-bond donors (Lipinski definition) is 0. The lowest BCUT2D eigenvalue weighted by Gasteiger charge is -2.09. The van der Waals surface area contributed by atoms with Crippen molar-refractivity contribution in [1.82, 2.24) is 0 Å². The SMILES string of the molecule is CCc1ccc(C(=O)c2ccc(F)c(C(F)(F)F)c2)s1. The third kappa shape index (κ3) is 2.90. The van der Waals surface area contributed by atoms with Crippen LogP contribution in [-0.4, -0.2) is 5.78 Å². The molecule has 1 aromatic heterocycles. The lowest BCUT2D eigenvalue weighted by Crippen LogP contribution is -2.10. The number of ketones is 1. The highest BCUT2D eigenvalue weighted by atomic mass is 32.1. The van der Waals surface area contributed by atoms with E-state index in [1.54, 1.807) is 12.1 Å². The zero-order valence-corrected chi connectivity index (χ0v) is 11.2. The van der Waals surface area contributed by atoms with E-state index in [9.17, 15) is 22.4 Å². The van der Waals surface area contributed by atoms with Crippen LogP contribution in [0.25, 0.3) is 0 Å². The normalized spacial score (nSPS) is 11.7. The molecule has 0 aliphatic rings. The molecule has 0 spiro atoms. The van der Waals surface area contributed by atoms with E-state index in [1.807, 2.05) is 6.92 Å². The third-order valence-electron chi connectivity index (χ3n) is 2.77. The number of alkyl halides is 3. The Morgan fingerprint density at radius 3 is 2.45 bits per heavy atom. The molecule has 0 unspecified atom stereocenters. The molecule has 0 bridgehead atoms. The molecule has 1 nitrogen and oxygen atoms in total. The van der Waals surface area contributed by atoms with Crippen molar-refractivity contribution in [3.63, 3.8) is 0 Å². The van der Waals surface area contributed by atoms with Crippen LogP contribution in [0.1, 0.15) is 32.6 Å². The van der Waals surface area contributed by atoms with Crippen LogP contribution in [0.15, 0.2) is 30.3 Å². The molecule has 6 heteroatoms. The number of halogens is 4. The van der Waals surface area contributed by atoms with Gasteiger partial charge in [-0.2, -0.15) is 13.2 Å². The maximum atomic E-state index is 13.2. The van der Waals surface area contributed by atoms with E-state index in [0.717, 1.165) is 17.4 Å². The predicted molar refractivity (Wildman–Crippen MR) is 68.5 cm³/mol. The van der Waals surface area contributed by atoms with Crippen molar-refractivity contribution in [2.45, 2.75) is 19.5 Å². The van der Waals surface area contributed by atoms with E-state index in [4.69, 9.17) is 0 Å². The van der Waals surface area contributed by atoms with E-state index in [2.05, 4.69) is 0 Å². The average molecular weight is 302 g/mol. The molecule has 106 valence electrons. The molecule has 0 aliphatic heterocycles. The Balaban J connectivity index is 2.40. The van der Waals surface area contributed by atoms with Crippen LogP contribution in [0, 0.1) is 5.82 Å². The number of carbonyl (C=O) groups is 1. The van der Waals surface area contributed by atoms with Gasteiger partial charge in [0.15, 0.2) is 0 Å². The molecule has 2 rings (SSSR count). The number of aryl methyl sites for hydroxylation is 1. The standard InChI is InChI=1S/C14H10F4OS/c1-2-9-4-6-12(20-9)13(19)8-3-5-11(15)10(7-8)14(16,17)18/h3-7H,2H2,1H3. The van der Waals surface area contributed by atoms with Crippen molar-refractivity contribution in [3.05, 3.63) is 57.0 Å². The van der Waals surface area contributed by atoms with E-state index in [0.29, 0.717) is 17.0 Å². The van der Waals surface area contributed by atoms with E-state index < -0.39 is 23.3 Å². The summed E-state index contributed by atoms with van der Waals surface area (Å²) in [6.45, 7) is 1.92. The second kappa shape index (κ2) is 5.36. The zero-order valence-electron chi connectivity index (χ0n) is 10.4. The first-order chi connectivity index (χ1) is 9.32. The molecule has 0 saturated carbocycles. The fourth-order valence-electron chi connectivity index (χ4n) is 1.72. The summed E-state index contributed by atoms with van der Waals surface area (Å²) in [6.07, 6.45) is -4.07. The van der Waals surface area contributed by atoms with Gasteiger partial charge in [-0.25, -0.2) is 4.39 Å². The Bertz CT molecular complexity index is 643. The second-order valence-electron chi connectivity index (χ2n) is 4.14. The largest absolute Gasteiger partial charge is 0.419 e. The van der Waals surface area contributed by atoms with Gasteiger partial charge in [0.1, 0.15) is 5.82 Å². The minimum atomic E-state index is -4.82. The molecule has 20 heavy (non-hydrogen) atoms. The first kappa shape index (κ1) is 14.7. The number of thiophene rings is 1. The first-order valence-electron chi connectivity index (χ1n) is 5.83. The van der Waals surface area contributed by atoms with E-state index >= 15 is 0 Å². The number of carbonyl (C=O) groups excluding carboxylic acids is 1. The van der Waals surface area contributed by atoms with Gasteiger partial charge in [0, 0.05) is 10.4 Å². The Kier molecular flexibility index (Phi) is 3.94. The Morgan fingerprint density at radius 2 is 1.90 bits per heavy atom. The lowest BCUT2D eigenvalue weighted by atomic mass is 10.1. The summed E-state index contributed by atoms with van der Waals surface area (Å²) >= 11 is 1.23. The second-order valence-corrected chi connectivity index (χ2v) is 5.31. The fourth-order valence-corrected chi connectivity index (χ4v) is 2.63. The maximum Gasteiger partial charge on any atom is 0.419 e. The molecule has 1 heterocycles. The van der Waals surface area contributed by atoms with E-state index in [-0.39, 0.29) is 5.56 Å². The van der Waals surface area contributed by atoms with Crippen molar-refractivity contribution in [1.29, 1.82) is 0 Å². The van der Waals surface area contributed by atoms with Gasteiger partial charge in [0.2, 0.25) is 5.78 Å². The Morgan fingerprint density at radius 1 is 1.20 bits per heavy atom. The van der Waals surface area contributed by atoms with Crippen molar-refractivity contribution < 1.29 is 22.4 Å². The highest BCUT2D eigenvalue weighted by molar-refractivity contribution is 7.14. The van der Waals surface area contributed by atoms with Crippen LogP contribution in [0.4, 0.5) is 17.6 Å². The third-order valence-corrected chi connectivity index (χ3v) is 4.00. The molecule has 0 fully saturated rings. The number of benzene rings is 1. The van der Waals surface area contributed by atoms with Crippen LogP contribution in [0.3, 0.4) is 0 Å². The molecule has 0 N–H and O–H groups in total.